The highest BCUT2D eigenvalue weighted by Gasteiger charge is 2.16. The number of sulfonamides is 1. The van der Waals surface area contributed by atoms with E-state index < -0.39 is 10.0 Å². The normalized spacial score (nSPS) is 12.4. The van der Waals surface area contributed by atoms with Crippen LogP contribution in [-0.2, 0) is 16.6 Å². The van der Waals surface area contributed by atoms with Gasteiger partial charge < -0.3 is 0 Å². The van der Waals surface area contributed by atoms with Gasteiger partial charge in [-0.1, -0.05) is 12.1 Å². The van der Waals surface area contributed by atoms with Gasteiger partial charge in [-0.05, 0) is 17.7 Å². The lowest BCUT2D eigenvalue weighted by Gasteiger charge is -2.14. The van der Waals surface area contributed by atoms with E-state index >= 15 is 0 Å². The maximum absolute atomic E-state index is 11.9. The van der Waals surface area contributed by atoms with Gasteiger partial charge in [0.1, 0.15) is 0 Å². The highest BCUT2D eigenvalue weighted by Crippen LogP contribution is 2.14. The van der Waals surface area contributed by atoms with Crippen LogP contribution < -0.4 is 5.43 Å². The highest BCUT2D eigenvalue weighted by atomic mass is 32.2. The Balaban J connectivity index is 2.94. The van der Waals surface area contributed by atoms with Crippen molar-refractivity contribution in [1.29, 1.82) is 0 Å². The van der Waals surface area contributed by atoms with Crippen molar-refractivity contribution in [2.45, 2.75) is 11.4 Å². The first-order valence-electron chi connectivity index (χ1n) is 5.26. The largest absolute Gasteiger partial charge is 0.251 e. The Bertz CT molecular complexity index is 469. The summed E-state index contributed by atoms with van der Waals surface area (Å²) in [6.45, 7) is 0.601. The van der Waals surface area contributed by atoms with E-state index in [1.807, 2.05) is 25.2 Å². The molecule has 0 saturated heterocycles. The van der Waals surface area contributed by atoms with Crippen LogP contribution in [0.25, 0.3) is 0 Å². The summed E-state index contributed by atoms with van der Waals surface area (Å²) in [5.74, 6) is 0. The van der Waals surface area contributed by atoms with Crippen LogP contribution in [0.3, 0.4) is 0 Å². The SMILES string of the molecule is CN(C)NCc1cccc(S(=O)(=O)N(C)C)c1. The molecule has 0 saturated carbocycles. The number of hydrogen-bond donors (Lipinski definition) is 1. The van der Waals surface area contributed by atoms with Crippen molar-refractivity contribution in [3.05, 3.63) is 29.8 Å². The summed E-state index contributed by atoms with van der Waals surface area (Å²) in [4.78, 5) is 0.320. The Morgan fingerprint density at radius 2 is 1.82 bits per heavy atom. The van der Waals surface area contributed by atoms with Crippen molar-refractivity contribution in [3.63, 3.8) is 0 Å². The zero-order chi connectivity index (χ0) is 13.1. The molecule has 0 atom stereocenters. The van der Waals surface area contributed by atoms with Gasteiger partial charge in [-0.15, -0.1) is 0 Å². The van der Waals surface area contributed by atoms with E-state index in [0.29, 0.717) is 11.4 Å². The number of rotatable bonds is 5. The lowest BCUT2D eigenvalue weighted by atomic mass is 10.2. The van der Waals surface area contributed by atoms with E-state index in [1.54, 1.807) is 18.2 Å². The molecule has 17 heavy (non-hydrogen) atoms. The molecule has 6 heteroatoms. The monoisotopic (exact) mass is 257 g/mol. The molecule has 0 heterocycles. The number of nitrogens with one attached hydrogen (secondary N) is 1. The summed E-state index contributed by atoms with van der Waals surface area (Å²) in [7, 11) is 3.49. The lowest BCUT2D eigenvalue weighted by Crippen LogP contribution is -2.29. The van der Waals surface area contributed by atoms with E-state index in [1.165, 1.54) is 18.4 Å². The van der Waals surface area contributed by atoms with Crippen LogP contribution >= 0.6 is 0 Å². The Labute approximate surface area is 103 Å². The van der Waals surface area contributed by atoms with Gasteiger partial charge in [-0.2, -0.15) is 0 Å². The summed E-state index contributed by atoms with van der Waals surface area (Å²) < 4.78 is 25.0. The molecule has 0 unspecified atom stereocenters. The van der Waals surface area contributed by atoms with Gasteiger partial charge in [0.25, 0.3) is 0 Å². The van der Waals surface area contributed by atoms with E-state index in [0.717, 1.165) is 5.56 Å². The predicted molar refractivity (Wildman–Crippen MR) is 67.8 cm³/mol. The van der Waals surface area contributed by atoms with Crippen molar-refractivity contribution in [1.82, 2.24) is 14.7 Å². The fourth-order valence-corrected chi connectivity index (χ4v) is 2.25. The molecule has 0 amide bonds. The average Bonchev–Trinajstić information content (AvgIpc) is 2.26. The van der Waals surface area contributed by atoms with E-state index in [9.17, 15) is 8.42 Å². The smallest absolute Gasteiger partial charge is 0.242 e. The highest BCUT2D eigenvalue weighted by molar-refractivity contribution is 7.89. The molecule has 0 aliphatic carbocycles. The van der Waals surface area contributed by atoms with Crippen LogP contribution in [0.2, 0.25) is 0 Å². The summed E-state index contributed by atoms with van der Waals surface area (Å²) in [5.41, 5.74) is 4.03. The van der Waals surface area contributed by atoms with Gasteiger partial charge >= 0.3 is 0 Å². The van der Waals surface area contributed by atoms with Crippen LogP contribution in [0, 0.1) is 0 Å². The molecule has 96 valence electrons. The molecule has 0 aromatic heterocycles. The maximum atomic E-state index is 11.9. The first-order chi connectivity index (χ1) is 7.84. The van der Waals surface area contributed by atoms with Crippen LogP contribution in [0.15, 0.2) is 29.2 Å². The summed E-state index contributed by atoms with van der Waals surface area (Å²) >= 11 is 0. The van der Waals surface area contributed by atoms with Crippen LogP contribution in [0.5, 0.6) is 0 Å². The molecule has 0 bridgehead atoms. The molecular weight excluding hydrogens is 238 g/mol. The Morgan fingerprint density at radius 3 is 2.35 bits per heavy atom. The molecule has 0 spiro atoms. The number of hydrogen-bond acceptors (Lipinski definition) is 4. The van der Waals surface area contributed by atoms with Crippen LogP contribution in [0.1, 0.15) is 5.56 Å². The zero-order valence-electron chi connectivity index (χ0n) is 10.6. The van der Waals surface area contributed by atoms with Crippen molar-refractivity contribution in [2.75, 3.05) is 28.2 Å². The molecule has 0 fully saturated rings. The van der Waals surface area contributed by atoms with Gasteiger partial charge in [-0.3, -0.25) is 10.4 Å². The van der Waals surface area contributed by atoms with Gasteiger partial charge in [0.05, 0.1) is 4.90 Å². The quantitative estimate of drug-likeness (QED) is 0.781. The Morgan fingerprint density at radius 1 is 1.18 bits per heavy atom. The first-order valence-corrected chi connectivity index (χ1v) is 6.70. The van der Waals surface area contributed by atoms with Crippen molar-refractivity contribution < 1.29 is 8.42 Å². The van der Waals surface area contributed by atoms with Gasteiger partial charge in [0, 0.05) is 34.7 Å². The maximum Gasteiger partial charge on any atom is 0.242 e. The van der Waals surface area contributed by atoms with E-state index in [4.69, 9.17) is 0 Å². The lowest BCUT2D eigenvalue weighted by molar-refractivity contribution is 0.286. The molecule has 5 nitrogen and oxygen atoms in total. The standard InChI is InChI=1S/C11H19N3O2S/c1-13(2)12-9-10-6-5-7-11(8-10)17(15,16)14(3)4/h5-8,12H,9H2,1-4H3. The molecule has 1 aromatic carbocycles. The summed E-state index contributed by atoms with van der Waals surface area (Å²) in [6, 6.07) is 6.94. The van der Waals surface area contributed by atoms with Gasteiger partial charge in [0.2, 0.25) is 10.0 Å². The van der Waals surface area contributed by atoms with Crippen molar-refractivity contribution >= 4 is 10.0 Å². The fourth-order valence-electron chi connectivity index (χ4n) is 1.28. The molecule has 0 aliphatic rings. The van der Waals surface area contributed by atoms with Crippen LogP contribution in [0.4, 0.5) is 0 Å². The second kappa shape index (κ2) is 5.59. The molecule has 1 aromatic rings. The Hall–Kier alpha value is -0.950. The molecular formula is C11H19N3O2S. The number of hydrazine groups is 1. The van der Waals surface area contributed by atoms with E-state index in [2.05, 4.69) is 5.43 Å². The third kappa shape index (κ3) is 3.78. The fraction of sp³-hybridized carbons (Fsp3) is 0.455. The minimum absolute atomic E-state index is 0.320. The van der Waals surface area contributed by atoms with Gasteiger partial charge in [0.15, 0.2) is 0 Å². The molecule has 1 rings (SSSR count). The minimum atomic E-state index is -3.35. The second-order valence-corrected chi connectivity index (χ2v) is 6.32. The third-order valence-corrected chi connectivity index (χ3v) is 4.09. The molecule has 0 aliphatic heterocycles. The average molecular weight is 257 g/mol. The number of benzene rings is 1. The van der Waals surface area contributed by atoms with Crippen molar-refractivity contribution in [2.24, 2.45) is 0 Å². The topological polar surface area (TPSA) is 52.7 Å². The minimum Gasteiger partial charge on any atom is -0.251 e. The van der Waals surface area contributed by atoms with E-state index in [-0.39, 0.29) is 0 Å². The third-order valence-electron chi connectivity index (χ3n) is 2.28. The zero-order valence-corrected chi connectivity index (χ0v) is 11.5. The Kier molecular flexibility index (Phi) is 4.64. The molecule has 0 radical (unpaired) electrons. The number of nitrogens with zero attached hydrogens (tertiary/aromatic N) is 2. The predicted octanol–water partition coefficient (Wildman–Crippen LogP) is 0.503. The first kappa shape index (κ1) is 14.1. The van der Waals surface area contributed by atoms with Crippen LogP contribution in [-0.4, -0.2) is 45.9 Å². The summed E-state index contributed by atoms with van der Waals surface area (Å²) in [6.07, 6.45) is 0. The van der Waals surface area contributed by atoms with Crippen molar-refractivity contribution in [3.8, 4) is 0 Å². The van der Waals surface area contributed by atoms with Gasteiger partial charge in [-0.25, -0.2) is 12.7 Å². The molecule has 1 N–H and O–H groups in total. The second-order valence-electron chi connectivity index (χ2n) is 4.16. The summed E-state index contributed by atoms with van der Waals surface area (Å²) in [5, 5.41) is 1.83.